The predicted molar refractivity (Wildman–Crippen MR) is 102 cm³/mol. The highest BCUT2D eigenvalue weighted by atomic mass is 16.2. The van der Waals surface area contributed by atoms with Gasteiger partial charge in [-0.25, -0.2) is 5.01 Å². The molecule has 0 aliphatic heterocycles. The lowest BCUT2D eigenvalue weighted by Gasteiger charge is -2.35. The average molecular weight is 342 g/mol. The third-order valence-electron chi connectivity index (χ3n) is 3.61. The lowest BCUT2D eigenvalue weighted by atomic mass is 10.1. The second-order valence-corrected chi connectivity index (χ2v) is 7.17. The second kappa shape index (κ2) is 9.88. The summed E-state index contributed by atoms with van der Waals surface area (Å²) in [5, 5.41) is 1.44. The van der Waals surface area contributed by atoms with Crippen molar-refractivity contribution >= 4 is 11.8 Å². The Bertz CT molecular complexity index is 648. The molecule has 0 heterocycles. The fourth-order valence-corrected chi connectivity index (χ4v) is 2.30. The van der Waals surface area contributed by atoms with Crippen LogP contribution in [0.15, 0.2) is 24.3 Å². The number of unbranched alkanes of at least 4 members (excludes halogenated alkanes) is 2. The smallest absolute Gasteiger partial charge is 0.269 e. The average Bonchev–Trinajstić information content (AvgIpc) is 2.54. The summed E-state index contributed by atoms with van der Waals surface area (Å²) in [6.07, 6.45) is 3.72. The van der Waals surface area contributed by atoms with Gasteiger partial charge in [0.2, 0.25) is 5.91 Å². The summed E-state index contributed by atoms with van der Waals surface area (Å²) in [4.78, 5) is 25.1. The Hall–Kier alpha value is -2.28. The summed E-state index contributed by atoms with van der Waals surface area (Å²) >= 11 is 0. The van der Waals surface area contributed by atoms with E-state index in [0.29, 0.717) is 24.8 Å². The molecule has 1 rings (SSSR count). The van der Waals surface area contributed by atoms with Gasteiger partial charge < -0.3 is 0 Å². The van der Waals surface area contributed by atoms with Crippen LogP contribution in [0.5, 0.6) is 0 Å². The summed E-state index contributed by atoms with van der Waals surface area (Å²) in [5.74, 6) is 5.81. The Morgan fingerprint density at radius 3 is 2.44 bits per heavy atom. The normalized spacial score (nSPS) is 10.6. The number of hydrazine groups is 1. The highest BCUT2D eigenvalue weighted by Gasteiger charge is 2.28. The van der Waals surface area contributed by atoms with Gasteiger partial charge in [0.15, 0.2) is 0 Å². The van der Waals surface area contributed by atoms with E-state index in [-0.39, 0.29) is 11.8 Å². The van der Waals surface area contributed by atoms with Crippen LogP contribution in [0.2, 0.25) is 0 Å². The maximum Gasteiger partial charge on any atom is 0.269 e. The zero-order valence-corrected chi connectivity index (χ0v) is 16.1. The zero-order chi connectivity index (χ0) is 18.9. The van der Waals surface area contributed by atoms with Crippen molar-refractivity contribution in [1.29, 1.82) is 0 Å². The molecule has 0 aliphatic carbocycles. The maximum absolute atomic E-state index is 12.6. The number of hydrogen-bond donors (Lipinski definition) is 1. The molecular formula is C21H30N2O2. The molecule has 0 spiro atoms. The Morgan fingerprint density at radius 1 is 1.16 bits per heavy atom. The number of nitrogens with one attached hydrogen (secondary N) is 1. The molecule has 0 aliphatic rings. The van der Waals surface area contributed by atoms with Gasteiger partial charge in [0.25, 0.3) is 5.91 Å². The lowest BCUT2D eigenvalue weighted by molar-refractivity contribution is -0.139. The Labute approximate surface area is 152 Å². The Balaban J connectivity index is 2.70. The Morgan fingerprint density at radius 2 is 1.84 bits per heavy atom. The molecule has 4 nitrogen and oxygen atoms in total. The van der Waals surface area contributed by atoms with Crippen LogP contribution in [0.4, 0.5) is 0 Å². The molecule has 1 aromatic rings. The van der Waals surface area contributed by atoms with Gasteiger partial charge in [-0.15, -0.1) is 11.8 Å². The van der Waals surface area contributed by atoms with E-state index in [9.17, 15) is 9.59 Å². The van der Waals surface area contributed by atoms with Crippen LogP contribution in [-0.2, 0) is 4.79 Å². The molecule has 0 saturated carbocycles. The molecule has 0 fully saturated rings. The first kappa shape index (κ1) is 20.8. The first-order chi connectivity index (χ1) is 11.8. The van der Waals surface area contributed by atoms with E-state index in [1.807, 2.05) is 45.9 Å². The number of hydrogen-bond acceptors (Lipinski definition) is 2. The molecule has 1 N–H and O–H groups in total. The van der Waals surface area contributed by atoms with Crippen molar-refractivity contribution in [2.45, 2.75) is 72.3 Å². The van der Waals surface area contributed by atoms with Gasteiger partial charge in [-0.2, -0.15) is 0 Å². The van der Waals surface area contributed by atoms with E-state index >= 15 is 0 Å². The number of amides is 2. The van der Waals surface area contributed by atoms with Crippen molar-refractivity contribution in [3.05, 3.63) is 35.4 Å². The van der Waals surface area contributed by atoms with Crippen molar-refractivity contribution in [3.8, 4) is 11.8 Å². The summed E-state index contributed by atoms with van der Waals surface area (Å²) in [6, 6.07) is 7.33. The van der Waals surface area contributed by atoms with Crippen LogP contribution in [0.25, 0.3) is 0 Å². The minimum atomic E-state index is -0.496. The van der Waals surface area contributed by atoms with E-state index in [1.165, 1.54) is 5.01 Å². The third kappa shape index (κ3) is 7.43. The second-order valence-electron chi connectivity index (χ2n) is 7.17. The van der Waals surface area contributed by atoms with Crippen LogP contribution in [-0.4, -0.2) is 22.4 Å². The molecule has 0 unspecified atom stereocenters. The largest absolute Gasteiger partial charge is 0.273 e. The third-order valence-corrected chi connectivity index (χ3v) is 3.61. The zero-order valence-electron chi connectivity index (χ0n) is 16.1. The van der Waals surface area contributed by atoms with Crippen molar-refractivity contribution in [3.63, 3.8) is 0 Å². The molecular weight excluding hydrogens is 312 g/mol. The number of nitrogens with zero attached hydrogens (tertiary/aromatic N) is 1. The summed E-state index contributed by atoms with van der Waals surface area (Å²) in [6.45, 7) is 9.74. The van der Waals surface area contributed by atoms with Gasteiger partial charge in [0, 0.05) is 24.8 Å². The number of aryl methyl sites for hydroxylation is 1. The quantitative estimate of drug-likeness (QED) is 0.494. The SMILES string of the molecule is CCCC#CCCCC(=O)N(NC(=O)c1cccc(C)c1)C(C)(C)C. The molecule has 0 atom stereocenters. The first-order valence-corrected chi connectivity index (χ1v) is 8.92. The summed E-state index contributed by atoms with van der Waals surface area (Å²) < 4.78 is 0. The van der Waals surface area contributed by atoms with E-state index in [1.54, 1.807) is 6.07 Å². The maximum atomic E-state index is 12.6. The summed E-state index contributed by atoms with van der Waals surface area (Å²) in [5.41, 5.74) is 3.83. The molecule has 25 heavy (non-hydrogen) atoms. The standard InChI is InChI=1S/C21H30N2O2/c1-6-7-8-9-10-11-15-19(24)23(21(3,4)5)22-20(25)18-14-12-13-17(2)16-18/h12-14,16H,6-7,10-11,15H2,1-5H3,(H,22,25). The van der Waals surface area contributed by atoms with Gasteiger partial charge in [-0.05, 0) is 52.7 Å². The van der Waals surface area contributed by atoms with Gasteiger partial charge in [0.1, 0.15) is 0 Å². The van der Waals surface area contributed by atoms with Gasteiger partial charge in [-0.1, -0.05) is 24.6 Å². The van der Waals surface area contributed by atoms with Gasteiger partial charge >= 0.3 is 0 Å². The number of benzene rings is 1. The van der Waals surface area contributed by atoms with Gasteiger partial charge in [0.05, 0.1) is 5.54 Å². The van der Waals surface area contributed by atoms with Crippen molar-refractivity contribution < 1.29 is 9.59 Å². The van der Waals surface area contributed by atoms with Crippen molar-refractivity contribution in [2.24, 2.45) is 0 Å². The molecule has 0 bridgehead atoms. The minimum absolute atomic E-state index is 0.0919. The Kier molecular flexibility index (Phi) is 8.21. The van der Waals surface area contributed by atoms with Crippen LogP contribution in [0, 0.1) is 18.8 Å². The highest BCUT2D eigenvalue weighted by Crippen LogP contribution is 2.14. The molecule has 4 heteroatoms. The molecule has 2 amide bonds. The monoisotopic (exact) mass is 342 g/mol. The van der Waals surface area contributed by atoms with E-state index < -0.39 is 5.54 Å². The van der Waals surface area contributed by atoms with E-state index in [0.717, 1.165) is 18.4 Å². The molecule has 136 valence electrons. The van der Waals surface area contributed by atoms with Crippen LogP contribution in [0.3, 0.4) is 0 Å². The molecule has 1 aromatic carbocycles. The molecule has 0 saturated heterocycles. The van der Waals surface area contributed by atoms with E-state index in [2.05, 4.69) is 24.2 Å². The highest BCUT2D eigenvalue weighted by molar-refractivity contribution is 5.95. The van der Waals surface area contributed by atoms with E-state index in [4.69, 9.17) is 0 Å². The van der Waals surface area contributed by atoms with Crippen molar-refractivity contribution in [1.82, 2.24) is 10.4 Å². The number of carbonyl (C=O) groups excluding carboxylic acids is 2. The molecule has 0 aromatic heterocycles. The van der Waals surface area contributed by atoms with Crippen molar-refractivity contribution in [2.75, 3.05) is 0 Å². The minimum Gasteiger partial charge on any atom is -0.273 e. The fraction of sp³-hybridized carbons (Fsp3) is 0.524. The van der Waals surface area contributed by atoms with Crippen LogP contribution < -0.4 is 5.43 Å². The topological polar surface area (TPSA) is 49.4 Å². The fourth-order valence-electron chi connectivity index (χ4n) is 2.30. The first-order valence-electron chi connectivity index (χ1n) is 8.92. The predicted octanol–water partition coefficient (Wildman–Crippen LogP) is 4.24. The van der Waals surface area contributed by atoms with Gasteiger partial charge in [-0.3, -0.25) is 15.0 Å². The summed E-state index contributed by atoms with van der Waals surface area (Å²) in [7, 11) is 0. The number of rotatable bonds is 5. The molecule has 0 radical (unpaired) electrons. The van der Waals surface area contributed by atoms with Crippen LogP contribution in [0.1, 0.15) is 75.7 Å². The number of carbonyl (C=O) groups is 2. The van der Waals surface area contributed by atoms with Crippen LogP contribution >= 0.6 is 0 Å². The lowest BCUT2D eigenvalue weighted by Crippen LogP contribution is -2.55.